The number of carbonyl (C=O) groups is 1. The van der Waals surface area contributed by atoms with Gasteiger partial charge in [-0.05, 0) is 36.7 Å². The normalized spacial score (nSPS) is 10.6. The lowest BCUT2D eigenvalue weighted by atomic mass is 10.2. The second kappa shape index (κ2) is 5.46. The Morgan fingerprint density at radius 1 is 1.50 bits per heavy atom. The first-order valence-corrected chi connectivity index (χ1v) is 6.21. The van der Waals surface area contributed by atoms with Crippen LogP contribution in [0.4, 0.5) is 10.7 Å². The number of primary amides is 1. The molecule has 2 aromatic rings. The van der Waals surface area contributed by atoms with Crippen molar-refractivity contribution in [1.82, 2.24) is 4.37 Å². The summed E-state index contributed by atoms with van der Waals surface area (Å²) in [5.74, 6) is -0.978. The summed E-state index contributed by atoms with van der Waals surface area (Å²) in [6.45, 7) is 1.71. The highest BCUT2D eigenvalue weighted by Gasteiger charge is 2.10. The van der Waals surface area contributed by atoms with E-state index in [1.807, 2.05) is 6.07 Å². The summed E-state index contributed by atoms with van der Waals surface area (Å²) in [5.41, 5.74) is 6.38. The van der Waals surface area contributed by atoms with Gasteiger partial charge in [-0.1, -0.05) is 0 Å². The number of phenols is 1. The summed E-state index contributed by atoms with van der Waals surface area (Å²) in [6.07, 6.45) is 0. The Balaban J connectivity index is 2.35. The number of azo groups is 1. The highest BCUT2D eigenvalue weighted by molar-refractivity contribution is 7.10. The van der Waals surface area contributed by atoms with Crippen molar-refractivity contribution < 1.29 is 9.90 Å². The maximum Gasteiger partial charge on any atom is 0.252 e. The average molecular weight is 287 g/mol. The summed E-state index contributed by atoms with van der Waals surface area (Å²) < 4.78 is 4.01. The first kappa shape index (κ1) is 13.6. The number of benzene rings is 1. The van der Waals surface area contributed by atoms with Crippen molar-refractivity contribution in [3.63, 3.8) is 0 Å². The number of nitrogens with zero attached hydrogens (tertiary/aromatic N) is 4. The number of carbonyl (C=O) groups excluding carboxylic acids is 1. The molecule has 0 saturated heterocycles. The quantitative estimate of drug-likeness (QED) is 0.841. The second-order valence-electron chi connectivity index (χ2n) is 3.83. The Morgan fingerprint density at radius 3 is 2.90 bits per heavy atom. The number of nitriles is 1. The zero-order valence-electron chi connectivity index (χ0n) is 10.4. The first-order valence-electron chi connectivity index (χ1n) is 5.44. The molecule has 1 aromatic heterocycles. The van der Waals surface area contributed by atoms with Crippen molar-refractivity contribution in [3.05, 3.63) is 35.0 Å². The monoisotopic (exact) mass is 287 g/mol. The van der Waals surface area contributed by atoms with E-state index < -0.39 is 5.91 Å². The lowest BCUT2D eigenvalue weighted by Gasteiger charge is -2.00. The lowest BCUT2D eigenvalue weighted by Crippen LogP contribution is -2.10. The molecular formula is C12H9N5O2S. The molecule has 0 aliphatic heterocycles. The summed E-state index contributed by atoms with van der Waals surface area (Å²) in [7, 11) is 0. The van der Waals surface area contributed by atoms with E-state index >= 15 is 0 Å². The number of nitrogens with two attached hydrogens (primary N) is 1. The molecule has 0 atom stereocenters. The molecule has 0 bridgehead atoms. The molecule has 0 aliphatic rings. The molecule has 20 heavy (non-hydrogen) atoms. The van der Waals surface area contributed by atoms with Crippen LogP contribution in [-0.4, -0.2) is 15.4 Å². The van der Waals surface area contributed by atoms with Gasteiger partial charge >= 0.3 is 0 Å². The highest BCUT2D eigenvalue weighted by Crippen LogP contribution is 2.29. The molecule has 8 heteroatoms. The predicted octanol–water partition coefficient (Wildman–Crippen LogP) is 2.54. The van der Waals surface area contributed by atoms with Gasteiger partial charge in [0, 0.05) is 0 Å². The van der Waals surface area contributed by atoms with Gasteiger partial charge in [-0.25, -0.2) is 0 Å². The molecule has 0 saturated carbocycles. The van der Waals surface area contributed by atoms with Crippen LogP contribution in [0.2, 0.25) is 0 Å². The lowest BCUT2D eigenvalue weighted by molar-refractivity contribution is 0.0998. The molecule has 0 unspecified atom stereocenters. The van der Waals surface area contributed by atoms with Crippen molar-refractivity contribution in [2.24, 2.45) is 16.0 Å². The summed E-state index contributed by atoms with van der Waals surface area (Å²) in [5, 5.41) is 26.6. The maximum absolute atomic E-state index is 11.1. The molecule has 1 aromatic carbocycles. The third-order valence-electron chi connectivity index (χ3n) is 2.46. The van der Waals surface area contributed by atoms with Crippen molar-refractivity contribution in [2.75, 3.05) is 0 Å². The molecule has 0 spiro atoms. The van der Waals surface area contributed by atoms with Crippen LogP contribution >= 0.6 is 11.5 Å². The van der Waals surface area contributed by atoms with Gasteiger partial charge < -0.3 is 10.8 Å². The van der Waals surface area contributed by atoms with E-state index in [9.17, 15) is 9.90 Å². The Morgan fingerprint density at radius 2 is 2.25 bits per heavy atom. The van der Waals surface area contributed by atoms with E-state index in [1.165, 1.54) is 18.2 Å². The molecule has 0 radical (unpaired) electrons. The SMILES string of the molecule is Cc1nsc(N=Nc2ccc(O)c(C(N)=O)c2)c1C#N. The smallest absolute Gasteiger partial charge is 0.252 e. The van der Waals surface area contributed by atoms with Crippen LogP contribution < -0.4 is 5.73 Å². The molecule has 1 heterocycles. The molecule has 1 amide bonds. The van der Waals surface area contributed by atoms with Crippen LogP contribution in [-0.2, 0) is 0 Å². The van der Waals surface area contributed by atoms with Gasteiger partial charge in [0.1, 0.15) is 17.4 Å². The van der Waals surface area contributed by atoms with E-state index in [4.69, 9.17) is 11.0 Å². The Bertz CT molecular complexity index is 745. The van der Waals surface area contributed by atoms with Crippen molar-refractivity contribution in [2.45, 2.75) is 6.92 Å². The Kier molecular flexibility index (Phi) is 3.72. The molecule has 7 nitrogen and oxygen atoms in total. The fourth-order valence-corrected chi connectivity index (χ4v) is 2.12. The predicted molar refractivity (Wildman–Crippen MR) is 72.4 cm³/mol. The van der Waals surface area contributed by atoms with Crippen LogP contribution in [0, 0.1) is 18.3 Å². The highest BCUT2D eigenvalue weighted by atomic mass is 32.1. The summed E-state index contributed by atoms with van der Waals surface area (Å²) in [6, 6.07) is 6.10. The van der Waals surface area contributed by atoms with Gasteiger partial charge in [-0.3, -0.25) is 4.79 Å². The van der Waals surface area contributed by atoms with E-state index in [-0.39, 0.29) is 11.3 Å². The molecule has 2 rings (SSSR count). The largest absolute Gasteiger partial charge is 0.507 e. The number of aromatic hydroxyl groups is 1. The number of hydrogen-bond acceptors (Lipinski definition) is 7. The standard InChI is InChI=1S/C12H9N5O2S/c1-6-9(5-13)12(20-17-6)16-15-7-2-3-10(18)8(4-7)11(14)19/h2-4,18H,1H3,(H2,14,19). The van der Waals surface area contributed by atoms with Crippen LogP contribution in [0.25, 0.3) is 0 Å². The number of aryl methyl sites for hydroxylation is 1. The number of hydrogen-bond donors (Lipinski definition) is 2. The zero-order valence-corrected chi connectivity index (χ0v) is 11.2. The minimum absolute atomic E-state index is 0.0394. The second-order valence-corrected chi connectivity index (χ2v) is 4.58. The number of amides is 1. The van der Waals surface area contributed by atoms with E-state index in [1.54, 1.807) is 6.92 Å². The first-order chi connectivity index (χ1) is 9.52. The molecule has 100 valence electrons. The maximum atomic E-state index is 11.1. The van der Waals surface area contributed by atoms with E-state index in [0.717, 1.165) is 11.5 Å². The summed E-state index contributed by atoms with van der Waals surface area (Å²) >= 11 is 1.06. The minimum atomic E-state index is -0.758. The fraction of sp³-hybridized carbons (Fsp3) is 0.0833. The molecule has 0 aliphatic carbocycles. The van der Waals surface area contributed by atoms with Gasteiger partial charge in [0.05, 0.1) is 16.9 Å². The molecular weight excluding hydrogens is 278 g/mol. The van der Waals surface area contributed by atoms with E-state index in [0.29, 0.717) is 21.9 Å². The molecule has 3 N–H and O–H groups in total. The van der Waals surface area contributed by atoms with Gasteiger partial charge in [-0.15, -0.1) is 10.2 Å². The minimum Gasteiger partial charge on any atom is -0.507 e. The topological polar surface area (TPSA) is 125 Å². The van der Waals surface area contributed by atoms with Gasteiger partial charge in [0.25, 0.3) is 5.91 Å². The van der Waals surface area contributed by atoms with Crippen LogP contribution in [0.5, 0.6) is 5.75 Å². The van der Waals surface area contributed by atoms with Crippen LogP contribution in [0.3, 0.4) is 0 Å². The van der Waals surface area contributed by atoms with Crippen molar-refractivity contribution in [1.29, 1.82) is 5.26 Å². The van der Waals surface area contributed by atoms with E-state index in [2.05, 4.69) is 14.6 Å². The van der Waals surface area contributed by atoms with Gasteiger partial charge in [0.2, 0.25) is 0 Å². The van der Waals surface area contributed by atoms with Crippen molar-refractivity contribution >= 4 is 28.1 Å². The van der Waals surface area contributed by atoms with Gasteiger partial charge in [-0.2, -0.15) is 9.64 Å². The third kappa shape index (κ3) is 2.62. The fourth-order valence-electron chi connectivity index (χ4n) is 1.44. The third-order valence-corrected chi connectivity index (χ3v) is 3.28. The van der Waals surface area contributed by atoms with Gasteiger partial charge in [0.15, 0.2) is 5.00 Å². The number of rotatable bonds is 3. The zero-order chi connectivity index (χ0) is 14.7. The number of aromatic nitrogens is 1. The van der Waals surface area contributed by atoms with Crippen molar-refractivity contribution in [3.8, 4) is 11.8 Å². The van der Waals surface area contributed by atoms with Crippen LogP contribution in [0.1, 0.15) is 21.6 Å². The summed E-state index contributed by atoms with van der Waals surface area (Å²) in [4.78, 5) is 11.1. The Hall–Kier alpha value is -2.79. The van der Waals surface area contributed by atoms with Crippen LogP contribution in [0.15, 0.2) is 28.4 Å². The molecule has 0 fully saturated rings. The Labute approximate surface area is 118 Å². The average Bonchev–Trinajstić information content (AvgIpc) is 2.77.